The van der Waals surface area contributed by atoms with E-state index in [1.165, 1.54) is 0 Å². The number of hydrogen-bond acceptors (Lipinski definition) is 5. The number of hydrogen-bond donors (Lipinski definition) is 1. The molecule has 15 heavy (non-hydrogen) atoms. The summed E-state index contributed by atoms with van der Waals surface area (Å²) in [4.78, 5) is 4.20. The third-order valence-corrected chi connectivity index (χ3v) is 2.54. The molecule has 0 bridgehead atoms. The molecule has 0 aliphatic carbocycles. The molecule has 1 rings (SSSR count). The van der Waals surface area contributed by atoms with Gasteiger partial charge in [0.1, 0.15) is 5.60 Å². The van der Waals surface area contributed by atoms with Crippen LogP contribution in [0.4, 0.5) is 0 Å². The molecule has 0 saturated carbocycles. The molecule has 86 valence electrons. The lowest BCUT2D eigenvalue weighted by Crippen LogP contribution is -2.24. The highest BCUT2D eigenvalue weighted by Gasteiger charge is 2.30. The molecular weight excluding hydrogens is 196 g/mol. The van der Waals surface area contributed by atoms with Crippen molar-refractivity contribution >= 4 is 0 Å². The van der Waals surface area contributed by atoms with Crippen LogP contribution in [0.1, 0.15) is 38.9 Å². The highest BCUT2D eigenvalue weighted by molar-refractivity contribution is 4.99. The zero-order chi connectivity index (χ0) is 11.5. The van der Waals surface area contributed by atoms with E-state index in [1.807, 2.05) is 13.8 Å². The van der Waals surface area contributed by atoms with Crippen molar-refractivity contribution in [1.29, 1.82) is 0 Å². The van der Waals surface area contributed by atoms with E-state index in [0.717, 1.165) is 6.42 Å². The first-order chi connectivity index (χ1) is 7.01. The molecule has 2 atom stereocenters. The number of aliphatic hydroxyl groups excluding tert-OH is 1. The molecule has 1 heterocycles. The summed E-state index contributed by atoms with van der Waals surface area (Å²) in [5.74, 6) is 0.972. The minimum atomic E-state index is -0.513. The van der Waals surface area contributed by atoms with Gasteiger partial charge in [0.15, 0.2) is 0 Å². The molecule has 0 saturated heterocycles. The molecule has 0 aliphatic rings. The van der Waals surface area contributed by atoms with E-state index < -0.39 is 11.7 Å². The van der Waals surface area contributed by atoms with Crippen LogP contribution in [-0.2, 0) is 16.8 Å². The Bertz CT molecular complexity index is 305. The zero-order valence-electron chi connectivity index (χ0n) is 9.65. The monoisotopic (exact) mass is 214 g/mol. The van der Waals surface area contributed by atoms with E-state index in [2.05, 4.69) is 10.1 Å². The van der Waals surface area contributed by atoms with Gasteiger partial charge >= 0.3 is 0 Å². The van der Waals surface area contributed by atoms with Gasteiger partial charge in [0, 0.05) is 7.11 Å². The number of aliphatic hydroxyl groups is 1. The SMILES string of the molecule is CCC(C)(OC)c1noc(CC(C)O)n1. The van der Waals surface area contributed by atoms with Gasteiger partial charge < -0.3 is 14.4 Å². The Morgan fingerprint density at radius 3 is 2.73 bits per heavy atom. The van der Waals surface area contributed by atoms with E-state index >= 15 is 0 Å². The molecule has 0 fully saturated rings. The first kappa shape index (κ1) is 12.1. The minimum Gasteiger partial charge on any atom is -0.393 e. The van der Waals surface area contributed by atoms with Crippen molar-refractivity contribution < 1.29 is 14.4 Å². The number of methoxy groups -OCH3 is 1. The number of aromatic nitrogens is 2. The van der Waals surface area contributed by atoms with Crippen molar-refractivity contribution in [2.24, 2.45) is 0 Å². The molecule has 5 nitrogen and oxygen atoms in total. The number of rotatable bonds is 5. The molecule has 0 amide bonds. The summed E-state index contributed by atoms with van der Waals surface area (Å²) in [5, 5.41) is 13.0. The average molecular weight is 214 g/mol. The van der Waals surface area contributed by atoms with Crippen LogP contribution >= 0.6 is 0 Å². The minimum absolute atomic E-state index is 0.372. The number of nitrogens with zero attached hydrogens (tertiary/aromatic N) is 2. The lowest BCUT2D eigenvalue weighted by Gasteiger charge is -2.21. The lowest BCUT2D eigenvalue weighted by molar-refractivity contribution is -0.0106. The van der Waals surface area contributed by atoms with E-state index in [4.69, 9.17) is 9.26 Å². The van der Waals surface area contributed by atoms with Gasteiger partial charge in [0.25, 0.3) is 0 Å². The van der Waals surface area contributed by atoms with Crippen molar-refractivity contribution in [3.8, 4) is 0 Å². The van der Waals surface area contributed by atoms with Gasteiger partial charge in [-0.15, -0.1) is 0 Å². The van der Waals surface area contributed by atoms with E-state index in [1.54, 1.807) is 14.0 Å². The predicted octanol–water partition coefficient (Wildman–Crippen LogP) is 1.26. The van der Waals surface area contributed by atoms with Gasteiger partial charge in [0.05, 0.1) is 12.5 Å². The summed E-state index contributed by atoms with van der Waals surface area (Å²) in [6.07, 6.45) is 0.655. The lowest BCUT2D eigenvalue weighted by atomic mass is 10.0. The van der Waals surface area contributed by atoms with Gasteiger partial charge in [-0.1, -0.05) is 12.1 Å². The molecule has 0 radical (unpaired) electrons. The fourth-order valence-electron chi connectivity index (χ4n) is 1.20. The standard InChI is InChI=1S/C10H18N2O3/c1-5-10(3,14-4)9-11-8(15-12-9)6-7(2)13/h7,13H,5-6H2,1-4H3. The first-order valence-electron chi connectivity index (χ1n) is 5.08. The van der Waals surface area contributed by atoms with Gasteiger partial charge in [-0.05, 0) is 20.3 Å². The molecule has 1 aromatic heterocycles. The average Bonchev–Trinajstić information content (AvgIpc) is 2.64. The third kappa shape index (κ3) is 2.76. The molecule has 1 aromatic rings. The summed E-state index contributed by atoms with van der Waals surface area (Å²) >= 11 is 0. The van der Waals surface area contributed by atoms with Crippen LogP contribution in [0.25, 0.3) is 0 Å². The number of ether oxygens (including phenoxy) is 1. The van der Waals surface area contributed by atoms with Gasteiger partial charge in [-0.25, -0.2) is 0 Å². The second-order valence-corrected chi connectivity index (χ2v) is 3.85. The largest absolute Gasteiger partial charge is 0.393 e. The van der Waals surface area contributed by atoms with Crippen molar-refractivity contribution in [2.75, 3.05) is 7.11 Å². The fourth-order valence-corrected chi connectivity index (χ4v) is 1.20. The van der Waals surface area contributed by atoms with E-state index in [0.29, 0.717) is 18.1 Å². The Kier molecular flexibility index (Phi) is 3.82. The highest BCUT2D eigenvalue weighted by Crippen LogP contribution is 2.25. The van der Waals surface area contributed by atoms with Crippen LogP contribution in [0.15, 0.2) is 4.52 Å². The molecule has 2 unspecified atom stereocenters. The Hall–Kier alpha value is -0.940. The van der Waals surface area contributed by atoms with Crippen molar-refractivity contribution in [2.45, 2.75) is 45.3 Å². The predicted molar refractivity (Wildman–Crippen MR) is 54.3 cm³/mol. The van der Waals surface area contributed by atoms with Crippen molar-refractivity contribution in [1.82, 2.24) is 10.1 Å². The maximum absolute atomic E-state index is 9.17. The van der Waals surface area contributed by atoms with Crippen LogP contribution in [0.2, 0.25) is 0 Å². The molecule has 0 aromatic carbocycles. The Morgan fingerprint density at radius 2 is 2.27 bits per heavy atom. The van der Waals surface area contributed by atoms with Gasteiger partial charge in [-0.2, -0.15) is 4.98 Å². The molecule has 1 N–H and O–H groups in total. The second-order valence-electron chi connectivity index (χ2n) is 3.85. The summed E-state index contributed by atoms with van der Waals surface area (Å²) in [5.41, 5.74) is -0.513. The van der Waals surface area contributed by atoms with Crippen LogP contribution in [0, 0.1) is 0 Å². The summed E-state index contributed by atoms with van der Waals surface area (Å²) < 4.78 is 10.4. The normalized spacial score (nSPS) is 17.4. The molecular formula is C10H18N2O3. The van der Waals surface area contributed by atoms with Crippen LogP contribution in [0.5, 0.6) is 0 Å². The smallest absolute Gasteiger partial charge is 0.229 e. The molecule has 0 spiro atoms. The van der Waals surface area contributed by atoms with Crippen LogP contribution < -0.4 is 0 Å². The summed E-state index contributed by atoms with van der Waals surface area (Å²) in [7, 11) is 1.62. The maximum atomic E-state index is 9.17. The van der Waals surface area contributed by atoms with Gasteiger partial charge in [0.2, 0.25) is 11.7 Å². The summed E-state index contributed by atoms with van der Waals surface area (Å²) in [6, 6.07) is 0. The van der Waals surface area contributed by atoms with Gasteiger partial charge in [-0.3, -0.25) is 0 Å². The zero-order valence-corrected chi connectivity index (χ0v) is 9.65. The Morgan fingerprint density at radius 1 is 1.60 bits per heavy atom. The Labute approximate surface area is 89.4 Å². The topological polar surface area (TPSA) is 68.4 Å². The van der Waals surface area contributed by atoms with Crippen LogP contribution in [-0.4, -0.2) is 28.5 Å². The summed E-state index contributed by atoms with van der Waals surface area (Å²) in [6.45, 7) is 5.58. The Balaban J connectivity index is 2.83. The first-order valence-corrected chi connectivity index (χ1v) is 5.08. The van der Waals surface area contributed by atoms with E-state index in [-0.39, 0.29) is 0 Å². The van der Waals surface area contributed by atoms with E-state index in [9.17, 15) is 5.11 Å². The molecule has 5 heteroatoms. The maximum Gasteiger partial charge on any atom is 0.229 e. The third-order valence-electron chi connectivity index (χ3n) is 2.54. The van der Waals surface area contributed by atoms with Crippen molar-refractivity contribution in [3.63, 3.8) is 0 Å². The highest BCUT2D eigenvalue weighted by atomic mass is 16.5. The van der Waals surface area contributed by atoms with Crippen LogP contribution in [0.3, 0.4) is 0 Å². The molecule has 0 aliphatic heterocycles. The fraction of sp³-hybridized carbons (Fsp3) is 0.800. The van der Waals surface area contributed by atoms with Crippen molar-refractivity contribution in [3.05, 3.63) is 11.7 Å². The second kappa shape index (κ2) is 4.72. The quantitative estimate of drug-likeness (QED) is 0.799.